The summed E-state index contributed by atoms with van der Waals surface area (Å²) >= 11 is 0. The van der Waals surface area contributed by atoms with Crippen molar-refractivity contribution in [3.05, 3.63) is 41.5 Å². The van der Waals surface area contributed by atoms with E-state index in [0.717, 1.165) is 17.6 Å². The summed E-state index contributed by atoms with van der Waals surface area (Å²) in [7, 11) is 3.16. The molecule has 98 valence electrons. The lowest BCUT2D eigenvalue weighted by Crippen LogP contribution is -2.11. The van der Waals surface area contributed by atoms with E-state index in [1.165, 1.54) is 0 Å². The molecule has 0 N–H and O–H groups in total. The molecule has 0 saturated carbocycles. The second-order valence-electron chi connectivity index (χ2n) is 3.83. The molecule has 0 aliphatic heterocycles. The van der Waals surface area contributed by atoms with Gasteiger partial charge < -0.3 is 14.2 Å². The Kier molecular flexibility index (Phi) is 6.11. The van der Waals surface area contributed by atoms with E-state index in [4.69, 9.17) is 14.2 Å². The number of carbonyl (C=O) groups is 1. The first-order valence-electron chi connectivity index (χ1n) is 5.60. The second-order valence-corrected chi connectivity index (χ2v) is 3.83. The number of hydrogen-bond donors (Lipinski definition) is 0. The molecule has 0 heterocycles. The molecule has 0 spiro atoms. The molecule has 0 aliphatic rings. The van der Waals surface area contributed by atoms with Crippen molar-refractivity contribution < 1.29 is 19.0 Å². The molecule has 0 aliphatic carbocycles. The Balaban J connectivity index is 2.50. The Morgan fingerprint density at radius 3 is 2.33 bits per heavy atom. The predicted octanol–water partition coefficient (Wildman–Crippen LogP) is 2.44. The summed E-state index contributed by atoms with van der Waals surface area (Å²) in [5, 5.41) is 0. The SMILES string of the molecule is COC(/C=C(\C)COc1ccc(C=O)cc1)OC. The van der Waals surface area contributed by atoms with Crippen molar-refractivity contribution in [2.45, 2.75) is 13.2 Å². The Bertz CT molecular complexity index is 391. The van der Waals surface area contributed by atoms with Gasteiger partial charge in [0.1, 0.15) is 18.6 Å². The zero-order chi connectivity index (χ0) is 13.4. The smallest absolute Gasteiger partial charge is 0.176 e. The highest BCUT2D eigenvalue weighted by Crippen LogP contribution is 2.12. The van der Waals surface area contributed by atoms with E-state index in [0.29, 0.717) is 12.2 Å². The van der Waals surface area contributed by atoms with Crippen molar-refractivity contribution in [3.8, 4) is 5.75 Å². The number of aldehydes is 1. The van der Waals surface area contributed by atoms with Crippen LogP contribution in [-0.4, -0.2) is 33.4 Å². The molecule has 0 atom stereocenters. The molecule has 1 aromatic carbocycles. The van der Waals surface area contributed by atoms with Gasteiger partial charge in [-0.25, -0.2) is 0 Å². The molecule has 0 amide bonds. The van der Waals surface area contributed by atoms with Crippen LogP contribution in [0.2, 0.25) is 0 Å². The average molecular weight is 250 g/mol. The van der Waals surface area contributed by atoms with Crippen molar-refractivity contribution >= 4 is 6.29 Å². The minimum atomic E-state index is -0.356. The molecule has 4 heteroatoms. The number of ether oxygens (including phenoxy) is 3. The summed E-state index contributed by atoms with van der Waals surface area (Å²) in [6, 6.07) is 6.96. The zero-order valence-electron chi connectivity index (χ0n) is 10.9. The third-order valence-corrected chi connectivity index (χ3v) is 2.37. The van der Waals surface area contributed by atoms with Crippen LogP contribution in [0.25, 0.3) is 0 Å². The van der Waals surface area contributed by atoms with Gasteiger partial charge in [-0.05, 0) is 42.8 Å². The van der Waals surface area contributed by atoms with Gasteiger partial charge in [0.25, 0.3) is 0 Å². The normalized spacial score (nSPS) is 11.7. The lowest BCUT2D eigenvalue weighted by atomic mass is 10.2. The minimum Gasteiger partial charge on any atom is -0.489 e. The van der Waals surface area contributed by atoms with E-state index in [1.54, 1.807) is 38.5 Å². The molecule has 0 unspecified atom stereocenters. The highest BCUT2D eigenvalue weighted by Gasteiger charge is 2.02. The van der Waals surface area contributed by atoms with E-state index < -0.39 is 0 Å². The molecule has 0 bridgehead atoms. The third-order valence-electron chi connectivity index (χ3n) is 2.37. The van der Waals surface area contributed by atoms with Crippen LogP contribution >= 0.6 is 0 Å². The summed E-state index contributed by atoms with van der Waals surface area (Å²) < 4.78 is 15.7. The molecule has 0 aromatic heterocycles. The first-order chi connectivity index (χ1) is 8.69. The van der Waals surface area contributed by atoms with E-state index in [1.807, 2.05) is 13.0 Å². The topological polar surface area (TPSA) is 44.8 Å². The van der Waals surface area contributed by atoms with Crippen molar-refractivity contribution in [3.63, 3.8) is 0 Å². The summed E-state index contributed by atoms with van der Waals surface area (Å²) in [4.78, 5) is 10.5. The van der Waals surface area contributed by atoms with E-state index in [-0.39, 0.29) is 6.29 Å². The van der Waals surface area contributed by atoms with Gasteiger partial charge in [-0.2, -0.15) is 0 Å². The fourth-order valence-corrected chi connectivity index (χ4v) is 1.35. The number of hydrogen-bond acceptors (Lipinski definition) is 4. The van der Waals surface area contributed by atoms with Gasteiger partial charge in [0, 0.05) is 19.8 Å². The lowest BCUT2D eigenvalue weighted by Gasteiger charge is -2.11. The van der Waals surface area contributed by atoms with Crippen LogP contribution in [0.4, 0.5) is 0 Å². The molecule has 0 radical (unpaired) electrons. The number of methoxy groups -OCH3 is 2. The van der Waals surface area contributed by atoms with Crippen molar-refractivity contribution in [2.24, 2.45) is 0 Å². The van der Waals surface area contributed by atoms with Crippen molar-refractivity contribution in [2.75, 3.05) is 20.8 Å². The van der Waals surface area contributed by atoms with Gasteiger partial charge in [-0.1, -0.05) is 0 Å². The van der Waals surface area contributed by atoms with E-state index in [2.05, 4.69) is 0 Å². The maximum atomic E-state index is 10.5. The molecular formula is C14H18O4. The number of rotatable bonds is 7. The Labute approximate surface area is 107 Å². The van der Waals surface area contributed by atoms with Gasteiger partial charge in [0.05, 0.1) is 0 Å². The first kappa shape index (κ1) is 14.4. The van der Waals surface area contributed by atoms with Gasteiger partial charge in [-0.15, -0.1) is 0 Å². The van der Waals surface area contributed by atoms with Crippen LogP contribution in [0.15, 0.2) is 35.9 Å². The highest BCUT2D eigenvalue weighted by atomic mass is 16.7. The number of benzene rings is 1. The van der Waals surface area contributed by atoms with Crippen LogP contribution in [0.5, 0.6) is 5.75 Å². The molecule has 18 heavy (non-hydrogen) atoms. The zero-order valence-corrected chi connectivity index (χ0v) is 10.9. The molecular weight excluding hydrogens is 232 g/mol. The Morgan fingerprint density at radius 2 is 1.83 bits per heavy atom. The summed E-state index contributed by atoms with van der Waals surface area (Å²) in [5.41, 5.74) is 1.64. The second kappa shape index (κ2) is 7.63. The molecule has 0 fully saturated rings. The standard InChI is InChI=1S/C14H18O4/c1-11(8-14(16-2)17-3)10-18-13-6-4-12(9-15)5-7-13/h4-9,14H,10H2,1-3H3/b11-8+. The van der Waals surface area contributed by atoms with Crippen LogP contribution in [0.1, 0.15) is 17.3 Å². The minimum absolute atomic E-state index is 0.356. The van der Waals surface area contributed by atoms with Crippen molar-refractivity contribution in [1.29, 1.82) is 0 Å². The van der Waals surface area contributed by atoms with Gasteiger partial charge in [-0.3, -0.25) is 4.79 Å². The fourth-order valence-electron chi connectivity index (χ4n) is 1.35. The fraction of sp³-hybridized carbons (Fsp3) is 0.357. The van der Waals surface area contributed by atoms with E-state index in [9.17, 15) is 4.79 Å². The van der Waals surface area contributed by atoms with Crippen molar-refractivity contribution in [1.82, 2.24) is 0 Å². The monoisotopic (exact) mass is 250 g/mol. The largest absolute Gasteiger partial charge is 0.489 e. The van der Waals surface area contributed by atoms with Gasteiger partial charge in [0.15, 0.2) is 6.29 Å². The maximum absolute atomic E-state index is 10.5. The van der Waals surface area contributed by atoms with Gasteiger partial charge in [0.2, 0.25) is 0 Å². The Morgan fingerprint density at radius 1 is 1.22 bits per heavy atom. The predicted molar refractivity (Wildman–Crippen MR) is 68.9 cm³/mol. The number of carbonyl (C=O) groups excluding carboxylic acids is 1. The Hall–Kier alpha value is -1.65. The van der Waals surface area contributed by atoms with Crippen LogP contribution in [-0.2, 0) is 9.47 Å². The summed E-state index contributed by atoms with van der Waals surface area (Å²) in [6.45, 7) is 2.38. The summed E-state index contributed by atoms with van der Waals surface area (Å²) in [5.74, 6) is 0.722. The van der Waals surface area contributed by atoms with E-state index >= 15 is 0 Å². The lowest BCUT2D eigenvalue weighted by molar-refractivity contribution is -0.0673. The molecule has 0 saturated heterocycles. The highest BCUT2D eigenvalue weighted by molar-refractivity contribution is 5.74. The molecule has 1 aromatic rings. The van der Waals surface area contributed by atoms with Crippen LogP contribution in [0.3, 0.4) is 0 Å². The summed E-state index contributed by atoms with van der Waals surface area (Å²) in [6.07, 6.45) is 2.29. The first-order valence-corrected chi connectivity index (χ1v) is 5.60. The van der Waals surface area contributed by atoms with Crippen LogP contribution < -0.4 is 4.74 Å². The van der Waals surface area contributed by atoms with Crippen LogP contribution in [0, 0.1) is 0 Å². The quantitative estimate of drug-likeness (QED) is 0.423. The third kappa shape index (κ3) is 4.69. The van der Waals surface area contributed by atoms with Gasteiger partial charge >= 0.3 is 0 Å². The molecule has 4 nitrogen and oxygen atoms in total. The average Bonchev–Trinajstić information content (AvgIpc) is 2.43. The maximum Gasteiger partial charge on any atom is 0.176 e. The molecule has 1 rings (SSSR count).